The second-order valence-electron chi connectivity index (χ2n) is 4.10. The van der Waals surface area contributed by atoms with Crippen molar-refractivity contribution < 1.29 is 21.6 Å². The highest BCUT2D eigenvalue weighted by molar-refractivity contribution is 8.00. The molecule has 0 aliphatic heterocycles. The van der Waals surface area contributed by atoms with E-state index in [1.165, 1.54) is 6.07 Å². The van der Waals surface area contributed by atoms with Crippen LogP contribution in [0.25, 0.3) is 0 Å². The number of nitrogens with two attached hydrogens (primary N) is 1. The van der Waals surface area contributed by atoms with Gasteiger partial charge in [-0.15, -0.1) is 11.8 Å². The molecule has 0 saturated carbocycles. The van der Waals surface area contributed by atoms with Crippen molar-refractivity contribution in [2.24, 2.45) is 5.73 Å². The van der Waals surface area contributed by atoms with Crippen LogP contribution >= 0.6 is 11.8 Å². The van der Waals surface area contributed by atoms with E-state index < -0.39 is 27.4 Å². The van der Waals surface area contributed by atoms with Crippen LogP contribution in [0.4, 0.5) is 13.2 Å². The number of hydrogen-bond donors (Lipinski definition) is 2. The van der Waals surface area contributed by atoms with E-state index in [-0.39, 0.29) is 17.1 Å². The Morgan fingerprint density at radius 2 is 2.00 bits per heavy atom. The highest BCUT2D eigenvalue weighted by Crippen LogP contribution is 2.33. The van der Waals surface area contributed by atoms with Gasteiger partial charge in [0.15, 0.2) is 0 Å². The van der Waals surface area contributed by atoms with E-state index in [1.807, 2.05) is 0 Å². The van der Waals surface area contributed by atoms with E-state index in [1.54, 1.807) is 0 Å². The van der Waals surface area contributed by atoms with Crippen molar-refractivity contribution in [2.75, 3.05) is 17.8 Å². The normalized spacial score (nSPS) is 12.4. The lowest BCUT2D eigenvalue weighted by molar-refractivity contribution is -0.137. The van der Waals surface area contributed by atoms with Crippen molar-refractivity contribution in [3.05, 3.63) is 29.3 Å². The minimum Gasteiger partial charge on any atom is -0.384 e. The van der Waals surface area contributed by atoms with Gasteiger partial charge in [-0.3, -0.25) is 5.41 Å². The van der Waals surface area contributed by atoms with Crippen molar-refractivity contribution in [3.8, 4) is 0 Å². The highest BCUT2D eigenvalue weighted by Gasteiger charge is 2.31. The molecule has 0 bridgehead atoms. The molecule has 0 aromatic heterocycles. The Kier molecular flexibility index (Phi) is 5.09. The van der Waals surface area contributed by atoms with Crippen LogP contribution in [0.2, 0.25) is 0 Å². The molecule has 3 N–H and O–H groups in total. The summed E-state index contributed by atoms with van der Waals surface area (Å²) in [6.45, 7) is 0. The number of benzene rings is 1. The lowest BCUT2D eigenvalue weighted by atomic mass is 10.1. The van der Waals surface area contributed by atoms with Crippen LogP contribution in [-0.4, -0.2) is 32.0 Å². The van der Waals surface area contributed by atoms with E-state index >= 15 is 0 Å². The third kappa shape index (κ3) is 5.04. The number of sulfone groups is 1. The molecule has 0 aliphatic rings. The molecule has 1 aromatic carbocycles. The molecular formula is C11H13F3N2O2S2. The number of halogens is 3. The monoisotopic (exact) mass is 326 g/mol. The second-order valence-corrected chi connectivity index (χ2v) is 7.50. The van der Waals surface area contributed by atoms with E-state index in [4.69, 9.17) is 11.1 Å². The van der Waals surface area contributed by atoms with Gasteiger partial charge < -0.3 is 5.73 Å². The van der Waals surface area contributed by atoms with Gasteiger partial charge in [-0.2, -0.15) is 13.2 Å². The zero-order chi connectivity index (χ0) is 15.6. The predicted octanol–water partition coefficient (Wildman–Crippen LogP) is 2.13. The van der Waals surface area contributed by atoms with Gasteiger partial charge >= 0.3 is 6.18 Å². The van der Waals surface area contributed by atoms with Gasteiger partial charge in [0.1, 0.15) is 15.7 Å². The molecule has 9 heteroatoms. The Balaban J connectivity index is 3.00. The smallest absolute Gasteiger partial charge is 0.384 e. The molecule has 0 unspecified atom stereocenters. The number of nitrogens with one attached hydrogen (secondary N) is 1. The topological polar surface area (TPSA) is 84.0 Å². The standard InChI is InChI=1S/C11H13F3N2O2S2/c1-20(17,18)5-4-19-9-3-2-7(11(12,13)14)6-8(9)10(15)16/h2-3,6H,4-5H2,1H3,(H3,15,16). The number of alkyl halides is 3. The van der Waals surface area contributed by atoms with E-state index in [0.717, 1.165) is 30.2 Å². The number of amidine groups is 1. The minimum atomic E-state index is -4.51. The summed E-state index contributed by atoms with van der Waals surface area (Å²) in [5.74, 6) is -0.404. The second kappa shape index (κ2) is 6.04. The van der Waals surface area contributed by atoms with Crippen molar-refractivity contribution in [1.82, 2.24) is 0 Å². The van der Waals surface area contributed by atoms with E-state index in [0.29, 0.717) is 4.90 Å². The molecule has 20 heavy (non-hydrogen) atoms. The summed E-state index contributed by atoms with van der Waals surface area (Å²) in [5, 5.41) is 7.31. The molecule has 0 saturated heterocycles. The van der Waals surface area contributed by atoms with Crippen LogP contribution in [-0.2, 0) is 16.0 Å². The van der Waals surface area contributed by atoms with Crippen molar-refractivity contribution in [3.63, 3.8) is 0 Å². The predicted molar refractivity (Wildman–Crippen MR) is 72.9 cm³/mol. The number of hydrogen-bond acceptors (Lipinski definition) is 4. The zero-order valence-electron chi connectivity index (χ0n) is 10.5. The van der Waals surface area contributed by atoms with Crippen LogP contribution in [0.15, 0.2) is 23.1 Å². The molecule has 0 heterocycles. The first-order valence-corrected chi connectivity index (χ1v) is 8.41. The molecule has 0 spiro atoms. The Hall–Kier alpha value is -1.22. The maximum Gasteiger partial charge on any atom is 0.416 e. The molecule has 1 aromatic rings. The molecule has 0 amide bonds. The molecule has 0 aliphatic carbocycles. The maximum atomic E-state index is 12.6. The molecule has 0 radical (unpaired) electrons. The van der Waals surface area contributed by atoms with Crippen LogP contribution in [0.3, 0.4) is 0 Å². The third-order valence-corrected chi connectivity index (χ3v) is 4.59. The molecule has 0 atom stereocenters. The van der Waals surface area contributed by atoms with Crippen LogP contribution in [0.1, 0.15) is 11.1 Å². The van der Waals surface area contributed by atoms with Gasteiger partial charge in [0.2, 0.25) is 0 Å². The van der Waals surface area contributed by atoms with Crippen LogP contribution in [0, 0.1) is 5.41 Å². The molecule has 0 fully saturated rings. The quantitative estimate of drug-likeness (QED) is 0.493. The summed E-state index contributed by atoms with van der Waals surface area (Å²) in [4.78, 5) is 0.356. The summed E-state index contributed by atoms with van der Waals surface area (Å²) in [6, 6.07) is 2.88. The fourth-order valence-electron chi connectivity index (χ4n) is 1.35. The molecule has 1 rings (SSSR count). The van der Waals surface area contributed by atoms with E-state index in [2.05, 4.69) is 0 Å². The largest absolute Gasteiger partial charge is 0.416 e. The number of rotatable bonds is 5. The summed E-state index contributed by atoms with van der Waals surface area (Å²) in [5.41, 5.74) is 4.33. The van der Waals surface area contributed by atoms with Gasteiger partial charge in [-0.1, -0.05) is 0 Å². The van der Waals surface area contributed by atoms with E-state index in [9.17, 15) is 21.6 Å². The SMILES string of the molecule is CS(=O)(=O)CCSc1ccc(C(F)(F)F)cc1C(=N)N. The molecular weight excluding hydrogens is 313 g/mol. The minimum absolute atomic E-state index is 0.0432. The summed E-state index contributed by atoms with van der Waals surface area (Å²) in [7, 11) is -3.14. The Bertz CT molecular complexity index is 613. The first-order valence-electron chi connectivity index (χ1n) is 5.37. The van der Waals surface area contributed by atoms with Gasteiger partial charge in [0, 0.05) is 22.5 Å². The van der Waals surface area contributed by atoms with Crippen LogP contribution in [0.5, 0.6) is 0 Å². The summed E-state index contributed by atoms with van der Waals surface area (Å²) >= 11 is 1.05. The van der Waals surface area contributed by atoms with Crippen molar-refractivity contribution in [1.29, 1.82) is 5.41 Å². The van der Waals surface area contributed by atoms with Gasteiger partial charge in [0.05, 0.1) is 11.3 Å². The number of nitrogen functional groups attached to an aromatic ring is 1. The lowest BCUT2D eigenvalue weighted by Gasteiger charge is -2.12. The number of thioether (sulfide) groups is 1. The van der Waals surface area contributed by atoms with Crippen LogP contribution < -0.4 is 5.73 Å². The third-order valence-electron chi connectivity index (χ3n) is 2.31. The molecule has 4 nitrogen and oxygen atoms in total. The van der Waals surface area contributed by atoms with Crippen molar-refractivity contribution >= 4 is 27.4 Å². The Labute approximate surface area is 119 Å². The van der Waals surface area contributed by atoms with Gasteiger partial charge in [-0.25, -0.2) is 8.42 Å². The average molecular weight is 326 g/mol. The average Bonchev–Trinajstić information content (AvgIpc) is 2.25. The Morgan fingerprint density at radius 3 is 2.45 bits per heavy atom. The van der Waals surface area contributed by atoms with Gasteiger partial charge in [0.25, 0.3) is 0 Å². The lowest BCUT2D eigenvalue weighted by Crippen LogP contribution is -2.15. The van der Waals surface area contributed by atoms with Gasteiger partial charge in [-0.05, 0) is 18.2 Å². The maximum absolute atomic E-state index is 12.6. The first-order chi connectivity index (χ1) is 9.00. The zero-order valence-corrected chi connectivity index (χ0v) is 12.1. The summed E-state index contributed by atoms with van der Waals surface area (Å²) < 4.78 is 59.7. The molecule has 112 valence electrons. The fraction of sp³-hybridized carbons (Fsp3) is 0.364. The fourth-order valence-corrected chi connectivity index (χ4v) is 3.60. The first kappa shape index (κ1) is 16.8. The Morgan fingerprint density at radius 1 is 1.40 bits per heavy atom. The highest BCUT2D eigenvalue weighted by atomic mass is 32.2. The van der Waals surface area contributed by atoms with Crippen molar-refractivity contribution in [2.45, 2.75) is 11.1 Å². The summed E-state index contributed by atoms with van der Waals surface area (Å²) in [6.07, 6.45) is -3.44.